The summed E-state index contributed by atoms with van der Waals surface area (Å²) in [4.78, 5) is 30.8. The fourth-order valence-electron chi connectivity index (χ4n) is 2.99. The Balaban J connectivity index is 2.25. The number of aromatic nitrogens is 3. The second-order valence-corrected chi connectivity index (χ2v) is 6.39. The normalized spacial score (nSPS) is 12.3. The summed E-state index contributed by atoms with van der Waals surface area (Å²) in [6, 6.07) is 5.60. The predicted molar refractivity (Wildman–Crippen MR) is 98.8 cm³/mol. The lowest BCUT2D eigenvalue weighted by Gasteiger charge is -2.19. The zero-order valence-electron chi connectivity index (χ0n) is 14.3. The first-order chi connectivity index (χ1) is 12.4. The summed E-state index contributed by atoms with van der Waals surface area (Å²) >= 11 is 6.38. The third-order valence-electron chi connectivity index (χ3n) is 4.25. The Hall–Kier alpha value is -2.67. The number of carbonyl (C=O) groups is 1. The Morgan fingerprint density at radius 2 is 2.08 bits per heavy atom. The molecule has 0 aliphatic carbocycles. The number of H-pyrrole nitrogens is 1. The zero-order chi connectivity index (χ0) is 18.8. The Labute approximate surface area is 154 Å². The van der Waals surface area contributed by atoms with Gasteiger partial charge in [-0.05, 0) is 24.1 Å². The summed E-state index contributed by atoms with van der Waals surface area (Å²) in [6.07, 6.45) is 2.07. The molecule has 8 heteroatoms. The van der Waals surface area contributed by atoms with Crippen molar-refractivity contribution in [1.82, 2.24) is 19.9 Å². The number of hydrogen-bond donors (Lipinski definition) is 2. The van der Waals surface area contributed by atoms with Gasteiger partial charge >= 0.3 is 5.69 Å². The zero-order valence-corrected chi connectivity index (χ0v) is 15.1. The highest BCUT2D eigenvalue weighted by Gasteiger charge is 2.21. The number of benzene rings is 1. The van der Waals surface area contributed by atoms with Gasteiger partial charge in [-0.2, -0.15) is 0 Å². The van der Waals surface area contributed by atoms with Gasteiger partial charge < -0.3 is 5.32 Å². The Kier molecular flexibility index (Phi) is 5.08. The monoisotopic (exact) mass is 376 g/mol. The van der Waals surface area contributed by atoms with Gasteiger partial charge in [-0.25, -0.2) is 14.2 Å². The summed E-state index contributed by atoms with van der Waals surface area (Å²) in [5.41, 5.74) is 1.85. The van der Waals surface area contributed by atoms with Crippen LogP contribution in [-0.2, 0) is 4.79 Å². The van der Waals surface area contributed by atoms with Crippen LogP contribution in [0.2, 0.25) is 5.02 Å². The molecule has 0 fully saturated rings. The van der Waals surface area contributed by atoms with Gasteiger partial charge in [0.15, 0.2) is 5.65 Å². The predicted octanol–water partition coefficient (Wildman–Crippen LogP) is 3.27. The van der Waals surface area contributed by atoms with Crippen LogP contribution in [0.5, 0.6) is 0 Å². The van der Waals surface area contributed by atoms with E-state index in [4.69, 9.17) is 11.6 Å². The van der Waals surface area contributed by atoms with Gasteiger partial charge in [0.2, 0.25) is 5.91 Å². The number of pyridine rings is 1. The molecule has 0 aliphatic heterocycles. The first-order valence-corrected chi connectivity index (χ1v) is 8.59. The molecule has 2 heterocycles. The van der Waals surface area contributed by atoms with Crippen LogP contribution in [-0.4, -0.2) is 27.0 Å². The van der Waals surface area contributed by atoms with E-state index in [0.29, 0.717) is 40.3 Å². The lowest BCUT2D eigenvalue weighted by atomic mass is 10.0. The lowest BCUT2D eigenvalue weighted by molar-refractivity contribution is -0.119. The molecule has 1 amide bonds. The van der Waals surface area contributed by atoms with Gasteiger partial charge in [-0.15, -0.1) is 0 Å². The molecule has 3 rings (SSSR count). The average molecular weight is 377 g/mol. The number of halogens is 2. The van der Waals surface area contributed by atoms with E-state index in [2.05, 4.69) is 15.3 Å². The third kappa shape index (κ3) is 3.35. The van der Waals surface area contributed by atoms with Crippen molar-refractivity contribution in [3.05, 3.63) is 51.8 Å². The minimum atomic E-state index is -0.362. The molecular weight excluding hydrogens is 359 g/mol. The molecule has 0 radical (unpaired) electrons. The van der Waals surface area contributed by atoms with E-state index in [0.717, 1.165) is 0 Å². The van der Waals surface area contributed by atoms with E-state index in [1.807, 2.05) is 6.92 Å². The summed E-state index contributed by atoms with van der Waals surface area (Å²) < 4.78 is 14.9. The highest BCUT2D eigenvalue weighted by molar-refractivity contribution is 6.34. The summed E-state index contributed by atoms with van der Waals surface area (Å²) in [7, 11) is 0. The fraction of sp³-hybridized carbons (Fsp3) is 0.278. The first-order valence-electron chi connectivity index (χ1n) is 8.21. The van der Waals surface area contributed by atoms with E-state index in [1.54, 1.807) is 16.7 Å². The molecule has 0 aliphatic rings. The van der Waals surface area contributed by atoms with Crippen LogP contribution in [0.3, 0.4) is 0 Å². The first kappa shape index (κ1) is 18.1. The van der Waals surface area contributed by atoms with Crippen LogP contribution in [0.25, 0.3) is 22.3 Å². The lowest BCUT2D eigenvalue weighted by Crippen LogP contribution is -2.32. The molecule has 26 heavy (non-hydrogen) atoms. The Bertz CT molecular complexity index is 1010. The van der Waals surface area contributed by atoms with Crippen LogP contribution in [0.15, 0.2) is 35.3 Å². The SMILES string of the molecule is CCC(CNC(C)=O)n1c(=O)[nH]c2ncc(Cl)c(-c3ccc(F)cc3)c21. The van der Waals surface area contributed by atoms with Crippen molar-refractivity contribution in [2.45, 2.75) is 26.3 Å². The molecule has 2 aromatic heterocycles. The molecule has 3 aromatic rings. The van der Waals surface area contributed by atoms with Gasteiger partial charge in [0.05, 0.1) is 16.6 Å². The smallest absolute Gasteiger partial charge is 0.328 e. The van der Waals surface area contributed by atoms with Crippen molar-refractivity contribution in [3.63, 3.8) is 0 Å². The minimum Gasteiger partial charge on any atom is -0.354 e. The van der Waals surface area contributed by atoms with Crippen LogP contribution in [0, 0.1) is 5.82 Å². The van der Waals surface area contributed by atoms with Crippen LogP contribution < -0.4 is 11.0 Å². The molecule has 6 nitrogen and oxygen atoms in total. The minimum absolute atomic E-state index is 0.175. The molecule has 0 bridgehead atoms. The molecule has 1 unspecified atom stereocenters. The standard InChI is InChI=1S/C18H18ClFN4O2/c1-3-13(8-21-10(2)25)24-16-15(11-4-6-12(20)7-5-11)14(19)9-22-17(16)23-18(24)26/h4-7,9,13H,3,8H2,1-2H3,(H,21,25)(H,22,23,26). The fourth-order valence-corrected chi connectivity index (χ4v) is 3.23. The van der Waals surface area contributed by atoms with E-state index < -0.39 is 0 Å². The molecule has 1 aromatic carbocycles. The number of hydrogen-bond acceptors (Lipinski definition) is 3. The van der Waals surface area contributed by atoms with Crippen molar-refractivity contribution in [2.24, 2.45) is 0 Å². The maximum absolute atomic E-state index is 13.3. The Morgan fingerprint density at radius 1 is 1.38 bits per heavy atom. The van der Waals surface area contributed by atoms with E-state index in [-0.39, 0.29) is 23.5 Å². The van der Waals surface area contributed by atoms with Crippen molar-refractivity contribution in [3.8, 4) is 11.1 Å². The van der Waals surface area contributed by atoms with Crippen molar-refractivity contribution < 1.29 is 9.18 Å². The van der Waals surface area contributed by atoms with Crippen LogP contribution in [0.1, 0.15) is 26.3 Å². The molecule has 0 spiro atoms. The molecular formula is C18H18ClFN4O2. The van der Waals surface area contributed by atoms with Gasteiger partial charge in [0, 0.05) is 25.2 Å². The number of fused-ring (bicyclic) bond motifs is 1. The second kappa shape index (κ2) is 7.29. The van der Waals surface area contributed by atoms with Gasteiger partial charge in [0.1, 0.15) is 5.82 Å². The van der Waals surface area contributed by atoms with E-state index in [9.17, 15) is 14.0 Å². The maximum atomic E-state index is 13.3. The number of imidazole rings is 1. The van der Waals surface area contributed by atoms with Crippen LogP contribution in [0.4, 0.5) is 4.39 Å². The van der Waals surface area contributed by atoms with Crippen molar-refractivity contribution in [1.29, 1.82) is 0 Å². The summed E-state index contributed by atoms with van der Waals surface area (Å²) in [5.74, 6) is -0.537. The second-order valence-electron chi connectivity index (χ2n) is 5.98. The Morgan fingerprint density at radius 3 is 2.69 bits per heavy atom. The maximum Gasteiger partial charge on any atom is 0.328 e. The van der Waals surface area contributed by atoms with Crippen LogP contribution >= 0.6 is 11.6 Å². The number of nitrogens with zero attached hydrogens (tertiary/aromatic N) is 2. The summed E-state index contributed by atoms with van der Waals surface area (Å²) in [5, 5.41) is 3.10. The molecule has 0 saturated carbocycles. The average Bonchev–Trinajstić information content (AvgIpc) is 2.93. The van der Waals surface area contributed by atoms with Crippen molar-refractivity contribution >= 4 is 28.7 Å². The molecule has 0 saturated heterocycles. The van der Waals surface area contributed by atoms with E-state index >= 15 is 0 Å². The third-order valence-corrected chi connectivity index (χ3v) is 4.53. The summed E-state index contributed by atoms with van der Waals surface area (Å²) in [6.45, 7) is 3.65. The molecule has 2 N–H and O–H groups in total. The van der Waals surface area contributed by atoms with E-state index in [1.165, 1.54) is 25.3 Å². The van der Waals surface area contributed by atoms with Gasteiger partial charge in [0.25, 0.3) is 0 Å². The van der Waals surface area contributed by atoms with Gasteiger partial charge in [-0.3, -0.25) is 14.3 Å². The quantitative estimate of drug-likeness (QED) is 0.717. The number of rotatable bonds is 5. The molecule has 136 valence electrons. The largest absolute Gasteiger partial charge is 0.354 e. The topological polar surface area (TPSA) is 79.8 Å². The number of amides is 1. The number of aromatic amines is 1. The number of nitrogens with one attached hydrogen (secondary N) is 2. The van der Waals surface area contributed by atoms with Crippen molar-refractivity contribution in [2.75, 3.05) is 6.54 Å². The molecule has 1 atom stereocenters. The highest BCUT2D eigenvalue weighted by Crippen LogP contribution is 2.34. The van der Waals surface area contributed by atoms with Gasteiger partial charge in [-0.1, -0.05) is 30.7 Å². The highest BCUT2D eigenvalue weighted by atomic mass is 35.5. The number of carbonyl (C=O) groups excluding carboxylic acids is 1.